The van der Waals surface area contributed by atoms with Gasteiger partial charge in [0.05, 0.1) is 0 Å². The summed E-state index contributed by atoms with van der Waals surface area (Å²) in [7, 11) is 0. The van der Waals surface area contributed by atoms with Crippen LogP contribution in [0.2, 0.25) is 0 Å². The smallest absolute Gasteiger partial charge is 0.129 e. The number of aromatic nitrogens is 1. The number of rotatable bonds is 4. The van der Waals surface area contributed by atoms with Gasteiger partial charge >= 0.3 is 0 Å². The monoisotopic (exact) mass is 273 g/mol. The minimum atomic E-state index is 0.517. The normalized spacial score (nSPS) is 22.1. The van der Waals surface area contributed by atoms with Gasteiger partial charge in [-0.1, -0.05) is 6.07 Å². The molecule has 1 aromatic heterocycles. The molecule has 1 atom stereocenters. The predicted octanol–water partition coefficient (Wildman–Crippen LogP) is 2.78. The number of hydrogen-bond donors (Lipinski definition) is 1. The second-order valence-electron chi connectivity index (χ2n) is 6.59. The van der Waals surface area contributed by atoms with Crippen LogP contribution in [0.25, 0.3) is 0 Å². The summed E-state index contributed by atoms with van der Waals surface area (Å²) in [6.07, 6.45) is 6.33. The molecular weight excluding hydrogens is 246 g/mol. The molecule has 110 valence electrons. The Morgan fingerprint density at radius 1 is 1.30 bits per heavy atom. The fourth-order valence-electron chi connectivity index (χ4n) is 3.50. The number of nitrogens with one attached hydrogen (secondary N) is 1. The fraction of sp³-hybridized carbons (Fsp3) is 0.706. The van der Waals surface area contributed by atoms with Crippen molar-refractivity contribution in [2.45, 2.75) is 52.0 Å². The number of pyridine rings is 1. The van der Waals surface area contributed by atoms with Crippen molar-refractivity contribution in [2.75, 3.05) is 24.5 Å². The van der Waals surface area contributed by atoms with E-state index < -0.39 is 0 Å². The summed E-state index contributed by atoms with van der Waals surface area (Å²) in [5, 5.41) is 3.53. The molecule has 1 unspecified atom stereocenters. The van der Waals surface area contributed by atoms with Crippen molar-refractivity contribution in [3.63, 3.8) is 0 Å². The lowest BCUT2D eigenvalue weighted by atomic mass is 9.98. The van der Waals surface area contributed by atoms with E-state index in [1.54, 1.807) is 0 Å². The van der Waals surface area contributed by atoms with Crippen LogP contribution in [-0.2, 0) is 12.8 Å². The zero-order valence-corrected chi connectivity index (χ0v) is 12.9. The van der Waals surface area contributed by atoms with Gasteiger partial charge in [-0.3, -0.25) is 0 Å². The number of aryl methyl sites for hydroxylation is 2. The van der Waals surface area contributed by atoms with E-state index in [-0.39, 0.29) is 0 Å². The highest BCUT2D eigenvalue weighted by molar-refractivity contribution is 5.44. The highest BCUT2D eigenvalue weighted by Gasteiger charge is 2.21. The molecule has 0 bridgehead atoms. The summed E-state index contributed by atoms with van der Waals surface area (Å²) in [5.74, 6) is 1.95. The van der Waals surface area contributed by atoms with Crippen molar-refractivity contribution < 1.29 is 0 Å². The molecule has 1 N–H and O–H groups in total. The van der Waals surface area contributed by atoms with Crippen LogP contribution in [-0.4, -0.2) is 30.7 Å². The average Bonchev–Trinajstić information content (AvgIpc) is 2.93. The minimum absolute atomic E-state index is 0.517. The predicted molar refractivity (Wildman–Crippen MR) is 84.3 cm³/mol. The van der Waals surface area contributed by atoms with E-state index >= 15 is 0 Å². The van der Waals surface area contributed by atoms with E-state index in [4.69, 9.17) is 4.98 Å². The molecule has 0 radical (unpaired) electrons. The number of hydrogen-bond acceptors (Lipinski definition) is 3. The molecule has 0 spiro atoms. The van der Waals surface area contributed by atoms with Gasteiger partial charge in [-0.25, -0.2) is 4.98 Å². The average molecular weight is 273 g/mol. The van der Waals surface area contributed by atoms with Gasteiger partial charge in [0.15, 0.2) is 0 Å². The molecule has 1 aliphatic carbocycles. The molecule has 2 aliphatic rings. The van der Waals surface area contributed by atoms with E-state index in [1.165, 1.54) is 55.7 Å². The van der Waals surface area contributed by atoms with Crippen LogP contribution in [0.1, 0.15) is 44.4 Å². The van der Waals surface area contributed by atoms with E-state index in [0.29, 0.717) is 6.04 Å². The standard InChI is InChI=1S/C17H27N3/c1-13(2)20(12-14-5-4-10-18-11-14)17-9-8-15-6-3-7-16(15)19-17/h8-9,13-14,18H,3-7,10-12H2,1-2H3. The van der Waals surface area contributed by atoms with Crippen LogP contribution in [0.5, 0.6) is 0 Å². The first-order chi connectivity index (χ1) is 9.74. The third-order valence-corrected chi connectivity index (χ3v) is 4.68. The number of nitrogens with zero attached hydrogens (tertiary/aromatic N) is 2. The number of piperidine rings is 1. The SMILES string of the molecule is CC(C)N(CC1CCCNC1)c1ccc2c(n1)CCC2. The zero-order valence-electron chi connectivity index (χ0n) is 12.9. The summed E-state index contributed by atoms with van der Waals surface area (Å²) >= 11 is 0. The summed E-state index contributed by atoms with van der Waals surface area (Å²) in [4.78, 5) is 7.44. The lowest BCUT2D eigenvalue weighted by Gasteiger charge is -2.34. The van der Waals surface area contributed by atoms with E-state index in [1.807, 2.05) is 0 Å². The van der Waals surface area contributed by atoms with Crippen molar-refractivity contribution in [1.29, 1.82) is 0 Å². The summed E-state index contributed by atoms with van der Waals surface area (Å²) in [5.41, 5.74) is 2.81. The van der Waals surface area contributed by atoms with Crippen molar-refractivity contribution in [2.24, 2.45) is 5.92 Å². The van der Waals surface area contributed by atoms with Gasteiger partial charge in [0.1, 0.15) is 5.82 Å². The lowest BCUT2D eigenvalue weighted by Crippen LogP contribution is -2.41. The molecule has 20 heavy (non-hydrogen) atoms. The summed E-state index contributed by atoms with van der Waals surface area (Å²) in [6, 6.07) is 5.06. The second-order valence-corrected chi connectivity index (χ2v) is 6.59. The fourth-order valence-corrected chi connectivity index (χ4v) is 3.50. The van der Waals surface area contributed by atoms with Crippen LogP contribution >= 0.6 is 0 Å². The maximum atomic E-state index is 4.95. The minimum Gasteiger partial charge on any atom is -0.354 e. The molecule has 0 aromatic carbocycles. The molecule has 1 saturated heterocycles. The molecule has 3 rings (SSSR count). The van der Waals surface area contributed by atoms with Crippen molar-refractivity contribution in [3.05, 3.63) is 23.4 Å². The van der Waals surface area contributed by atoms with Gasteiger partial charge in [-0.15, -0.1) is 0 Å². The highest BCUT2D eigenvalue weighted by atomic mass is 15.2. The first-order valence-electron chi connectivity index (χ1n) is 8.20. The van der Waals surface area contributed by atoms with Gasteiger partial charge in [0.25, 0.3) is 0 Å². The first kappa shape index (κ1) is 13.9. The summed E-state index contributed by atoms with van der Waals surface area (Å²) < 4.78 is 0. The van der Waals surface area contributed by atoms with E-state index in [0.717, 1.165) is 19.0 Å². The molecule has 3 heteroatoms. The topological polar surface area (TPSA) is 28.2 Å². The Labute approximate surface area is 122 Å². The van der Waals surface area contributed by atoms with Crippen LogP contribution < -0.4 is 10.2 Å². The zero-order chi connectivity index (χ0) is 13.9. The molecule has 1 aliphatic heterocycles. The Balaban J connectivity index is 1.75. The van der Waals surface area contributed by atoms with Gasteiger partial charge in [-0.05, 0) is 76.6 Å². The Kier molecular flexibility index (Phi) is 4.25. The Bertz CT molecular complexity index is 450. The molecule has 1 fully saturated rings. The number of anilines is 1. The Morgan fingerprint density at radius 3 is 2.95 bits per heavy atom. The Hall–Kier alpha value is -1.09. The van der Waals surface area contributed by atoms with Gasteiger partial charge in [0.2, 0.25) is 0 Å². The van der Waals surface area contributed by atoms with Crippen LogP contribution in [0, 0.1) is 5.92 Å². The Morgan fingerprint density at radius 2 is 2.20 bits per heavy atom. The van der Waals surface area contributed by atoms with E-state index in [9.17, 15) is 0 Å². The van der Waals surface area contributed by atoms with Crippen molar-refractivity contribution >= 4 is 5.82 Å². The van der Waals surface area contributed by atoms with Crippen molar-refractivity contribution in [1.82, 2.24) is 10.3 Å². The van der Waals surface area contributed by atoms with Gasteiger partial charge < -0.3 is 10.2 Å². The van der Waals surface area contributed by atoms with E-state index in [2.05, 4.69) is 36.2 Å². The molecule has 0 saturated carbocycles. The molecule has 1 aromatic rings. The molecule has 0 amide bonds. The highest BCUT2D eigenvalue weighted by Crippen LogP contribution is 2.25. The maximum Gasteiger partial charge on any atom is 0.129 e. The summed E-state index contributed by atoms with van der Waals surface area (Å²) in [6.45, 7) is 8.05. The van der Waals surface area contributed by atoms with Crippen molar-refractivity contribution in [3.8, 4) is 0 Å². The van der Waals surface area contributed by atoms with Gasteiger partial charge in [-0.2, -0.15) is 0 Å². The third-order valence-electron chi connectivity index (χ3n) is 4.68. The quantitative estimate of drug-likeness (QED) is 0.914. The lowest BCUT2D eigenvalue weighted by molar-refractivity contribution is 0.370. The third kappa shape index (κ3) is 2.98. The molecule has 3 nitrogen and oxygen atoms in total. The molecular formula is C17H27N3. The second kappa shape index (κ2) is 6.13. The van der Waals surface area contributed by atoms with Crippen LogP contribution in [0.3, 0.4) is 0 Å². The maximum absolute atomic E-state index is 4.95. The largest absolute Gasteiger partial charge is 0.354 e. The first-order valence-corrected chi connectivity index (χ1v) is 8.20. The van der Waals surface area contributed by atoms with Gasteiger partial charge in [0, 0.05) is 18.3 Å². The molecule has 2 heterocycles. The van der Waals surface area contributed by atoms with Crippen LogP contribution in [0.15, 0.2) is 12.1 Å². The van der Waals surface area contributed by atoms with Crippen LogP contribution in [0.4, 0.5) is 5.82 Å². The number of fused-ring (bicyclic) bond motifs is 1.